The number of aliphatic hydroxyl groups is 1. The Bertz CT molecular complexity index is 361. The van der Waals surface area contributed by atoms with E-state index >= 15 is 0 Å². The van der Waals surface area contributed by atoms with Gasteiger partial charge in [0.25, 0.3) is 0 Å². The van der Waals surface area contributed by atoms with E-state index in [1.54, 1.807) is 6.92 Å². The van der Waals surface area contributed by atoms with Gasteiger partial charge in [-0.1, -0.05) is 23.7 Å². The van der Waals surface area contributed by atoms with Crippen LogP contribution in [0, 0.1) is 0 Å². The molecule has 0 spiro atoms. The van der Waals surface area contributed by atoms with Crippen molar-refractivity contribution in [3.8, 4) is 0 Å². The normalized spacial score (nSPS) is 20.0. The zero-order chi connectivity index (χ0) is 11.0. The average Bonchev–Trinajstić information content (AvgIpc) is 3.00. The Hall–Kier alpha value is -0.570. The van der Waals surface area contributed by atoms with Crippen LogP contribution in [0.25, 0.3) is 0 Å². The van der Waals surface area contributed by atoms with Crippen molar-refractivity contribution in [2.24, 2.45) is 5.73 Å². The Morgan fingerprint density at radius 1 is 1.47 bits per heavy atom. The van der Waals surface area contributed by atoms with Crippen LogP contribution in [0.1, 0.15) is 42.9 Å². The van der Waals surface area contributed by atoms with Crippen molar-refractivity contribution in [2.75, 3.05) is 0 Å². The Morgan fingerprint density at radius 3 is 2.60 bits per heavy atom. The van der Waals surface area contributed by atoms with Gasteiger partial charge in [-0.05, 0) is 42.9 Å². The molecule has 1 aromatic carbocycles. The maximum absolute atomic E-state index is 9.78. The molecule has 0 saturated heterocycles. The van der Waals surface area contributed by atoms with Gasteiger partial charge in [0, 0.05) is 11.1 Å². The van der Waals surface area contributed by atoms with Crippen molar-refractivity contribution in [1.29, 1.82) is 0 Å². The second-order valence-corrected chi connectivity index (χ2v) is 4.77. The predicted molar refractivity (Wildman–Crippen MR) is 62.0 cm³/mol. The van der Waals surface area contributed by atoms with Crippen molar-refractivity contribution < 1.29 is 5.11 Å². The molecule has 2 unspecified atom stereocenters. The van der Waals surface area contributed by atoms with Crippen molar-refractivity contribution in [2.45, 2.75) is 37.8 Å². The first-order valence-electron chi connectivity index (χ1n) is 5.32. The summed E-state index contributed by atoms with van der Waals surface area (Å²) in [5.74, 6) is 0.638. The highest BCUT2D eigenvalue weighted by Crippen LogP contribution is 2.43. The van der Waals surface area contributed by atoms with Crippen LogP contribution >= 0.6 is 11.6 Å². The third kappa shape index (κ3) is 2.33. The van der Waals surface area contributed by atoms with Crippen molar-refractivity contribution in [1.82, 2.24) is 0 Å². The largest absolute Gasteiger partial charge is 0.387 e. The van der Waals surface area contributed by atoms with Crippen LogP contribution in [-0.2, 0) is 0 Å². The van der Waals surface area contributed by atoms with E-state index in [1.165, 1.54) is 18.4 Å². The maximum Gasteiger partial charge on any atom is 0.0938 e. The summed E-state index contributed by atoms with van der Waals surface area (Å²) >= 11 is 6.16. The van der Waals surface area contributed by atoms with Gasteiger partial charge in [0.2, 0.25) is 0 Å². The Kier molecular flexibility index (Phi) is 3.01. The molecule has 15 heavy (non-hydrogen) atoms. The van der Waals surface area contributed by atoms with Crippen molar-refractivity contribution in [3.63, 3.8) is 0 Å². The van der Waals surface area contributed by atoms with Gasteiger partial charge in [0.1, 0.15) is 0 Å². The molecule has 3 heteroatoms. The summed E-state index contributed by atoms with van der Waals surface area (Å²) < 4.78 is 0. The molecule has 0 radical (unpaired) electrons. The van der Waals surface area contributed by atoms with E-state index in [-0.39, 0.29) is 6.04 Å². The van der Waals surface area contributed by atoms with Gasteiger partial charge in [-0.2, -0.15) is 0 Å². The first kappa shape index (κ1) is 10.9. The standard InChI is InChI=1S/C12H16ClNO/c1-7(14)12(15)9-4-5-10(8-2-3-8)11(13)6-9/h4-8,12,15H,2-3,14H2,1H3. The van der Waals surface area contributed by atoms with Crippen LogP contribution in [-0.4, -0.2) is 11.1 Å². The van der Waals surface area contributed by atoms with Crippen molar-refractivity contribution in [3.05, 3.63) is 34.3 Å². The monoisotopic (exact) mass is 225 g/mol. The van der Waals surface area contributed by atoms with Crippen LogP contribution in [0.15, 0.2) is 18.2 Å². The molecule has 0 amide bonds. The fourth-order valence-electron chi connectivity index (χ4n) is 1.76. The van der Waals surface area contributed by atoms with Crippen LogP contribution in [0.2, 0.25) is 5.02 Å². The van der Waals surface area contributed by atoms with E-state index in [0.29, 0.717) is 5.92 Å². The number of halogens is 1. The van der Waals surface area contributed by atoms with Gasteiger partial charge in [0.15, 0.2) is 0 Å². The van der Waals surface area contributed by atoms with Gasteiger partial charge in [-0.3, -0.25) is 0 Å². The molecule has 2 rings (SSSR count). The highest BCUT2D eigenvalue weighted by atomic mass is 35.5. The minimum Gasteiger partial charge on any atom is -0.387 e. The number of rotatable bonds is 3. The molecule has 1 saturated carbocycles. The van der Waals surface area contributed by atoms with Gasteiger partial charge in [-0.15, -0.1) is 0 Å². The quantitative estimate of drug-likeness (QED) is 0.831. The van der Waals surface area contributed by atoms with E-state index in [0.717, 1.165) is 10.6 Å². The lowest BCUT2D eigenvalue weighted by atomic mass is 10.0. The Balaban J connectivity index is 2.24. The predicted octanol–water partition coefficient (Wildman–Crippen LogP) is 2.60. The third-order valence-corrected chi connectivity index (χ3v) is 3.21. The summed E-state index contributed by atoms with van der Waals surface area (Å²) in [6.07, 6.45) is 1.83. The Labute approximate surface area is 95.1 Å². The van der Waals surface area contributed by atoms with Crippen LogP contribution in [0.3, 0.4) is 0 Å². The van der Waals surface area contributed by atoms with E-state index in [1.807, 2.05) is 18.2 Å². The number of hydrogen-bond acceptors (Lipinski definition) is 2. The third-order valence-electron chi connectivity index (χ3n) is 2.88. The molecule has 2 atom stereocenters. The SMILES string of the molecule is CC(N)C(O)c1ccc(C2CC2)c(Cl)c1. The smallest absolute Gasteiger partial charge is 0.0938 e. The molecule has 2 nitrogen and oxygen atoms in total. The lowest BCUT2D eigenvalue weighted by Crippen LogP contribution is -2.24. The second kappa shape index (κ2) is 4.12. The summed E-state index contributed by atoms with van der Waals surface area (Å²) in [7, 11) is 0. The molecule has 0 heterocycles. The number of aliphatic hydroxyl groups excluding tert-OH is 1. The fourth-order valence-corrected chi connectivity index (χ4v) is 2.10. The molecular formula is C12H16ClNO. The number of benzene rings is 1. The summed E-state index contributed by atoms with van der Waals surface area (Å²) in [6, 6.07) is 5.51. The Morgan fingerprint density at radius 2 is 2.13 bits per heavy atom. The summed E-state index contributed by atoms with van der Waals surface area (Å²) in [6.45, 7) is 1.79. The molecule has 1 fully saturated rings. The highest BCUT2D eigenvalue weighted by molar-refractivity contribution is 6.31. The summed E-state index contributed by atoms with van der Waals surface area (Å²) in [5, 5.41) is 10.5. The summed E-state index contributed by atoms with van der Waals surface area (Å²) in [4.78, 5) is 0. The average molecular weight is 226 g/mol. The van der Waals surface area contributed by atoms with Gasteiger partial charge >= 0.3 is 0 Å². The first-order chi connectivity index (χ1) is 7.09. The molecule has 1 aliphatic rings. The lowest BCUT2D eigenvalue weighted by Gasteiger charge is -2.16. The van der Waals surface area contributed by atoms with Gasteiger partial charge in [0.05, 0.1) is 6.10 Å². The molecular weight excluding hydrogens is 210 g/mol. The molecule has 82 valence electrons. The van der Waals surface area contributed by atoms with E-state index in [2.05, 4.69) is 0 Å². The molecule has 0 bridgehead atoms. The van der Waals surface area contributed by atoms with E-state index < -0.39 is 6.10 Å². The lowest BCUT2D eigenvalue weighted by molar-refractivity contribution is 0.153. The molecule has 1 aliphatic carbocycles. The van der Waals surface area contributed by atoms with Crippen LogP contribution in [0.5, 0.6) is 0 Å². The zero-order valence-corrected chi connectivity index (χ0v) is 9.54. The fraction of sp³-hybridized carbons (Fsp3) is 0.500. The molecule has 0 aliphatic heterocycles. The van der Waals surface area contributed by atoms with E-state index in [9.17, 15) is 5.11 Å². The van der Waals surface area contributed by atoms with Gasteiger partial charge < -0.3 is 10.8 Å². The number of nitrogens with two attached hydrogens (primary N) is 1. The first-order valence-corrected chi connectivity index (χ1v) is 5.70. The molecule has 3 N–H and O–H groups in total. The minimum absolute atomic E-state index is 0.271. The van der Waals surface area contributed by atoms with Crippen molar-refractivity contribution >= 4 is 11.6 Å². The summed E-state index contributed by atoms with van der Waals surface area (Å²) in [5.41, 5.74) is 7.65. The molecule has 0 aromatic heterocycles. The maximum atomic E-state index is 9.78. The highest BCUT2D eigenvalue weighted by Gasteiger charge is 2.26. The minimum atomic E-state index is -0.629. The van der Waals surface area contributed by atoms with Crippen LogP contribution in [0.4, 0.5) is 0 Å². The second-order valence-electron chi connectivity index (χ2n) is 4.36. The number of hydrogen-bond donors (Lipinski definition) is 2. The van der Waals surface area contributed by atoms with Gasteiger partial charge in [-0.25, -0.2) is 0 Å². The van der Waals surface area contributed by atoms with Crippen LogP contribution < -0.4 is 5.73 Å². The topological polar surface area (TPSA) is 46.2 Å². The zero-order valence-electron chi connectivity index (χ0n) is 8.78. The van der Waals surface area contributed by atoms with E-state index in [4.69, 9.17) is 17.3 Å². The molecule has 1 aromatic rings.